The molecular formula is C25H34ClN3O4S. The highest BCUT2D eigenvalue weighted by molar-refractivity contribution is 7.92. The van der Waals surface area contributed by atoms with E-state index < -0.39 is 34.1 Å². The van der Waals surface area contributed by atoms with Crippen molar-refractivity contribution in [1.82, 2.24) is 10.2 Å². The lowest BCUT2D eigenvalue weighted by Gasteiger charge is -2.33. The van der Waals surface area contributed by atoms with Gasteiger partial charge in [0.1, 0.15) is 12.6 Å². The monoisotopic (exact) mass is 507 g/mol. The van der Waals surface area contributed by atoms with Gasteiger partial charge in [0.15, 0.2) is 0 Å². The summed E-state index contributed by atoms with van der Waals surface area (Å²) in [6.45, 7) is 10.7. The number of carbonyl (C=O) groups excluding carboxylic acids is 2. The predicted octanol–water partition coefficient (Wildman–Crippen LogP) is 4.05. The SMILES string of the molecule is Cc1cccc(CN(C(=O)CN(c2ccc(C)c(Cl)c2)S(C)(=O)=O)[C@H](C)C(=O)NC(C)(C)C)c1. The predicted molar refractivity (Wildman–Crippen MR) is 137 cm³/mol. The molecule has 9 heteroatoms. The number of carbonyl (C=O) groups is 2. The molecule has 7 nitrogen and oxygen atoms in total. The van der Waals surface area contributed by atoms with Gasteiger partial charge in [-0.2, -0.15) is 0 Å². The maximum atomic E-state index is 13.5. The third-order valence-electron chi connectivity index (χ3n) is 5.22. The first-order chi connectivity index (χ1) is 15.6. The molecule has 0 radical (unpaired) electrons. The van der Waals surface area contributed by atoms with E-state index in [0.29, 0.717) is 5.02 Å². The summed E-state index contributed by atoms with van der Waals surface area (Å²) in [5.41, 5.74) is 2.45. The van der Waals surface area contributed by atoms with Crippen LogP contribution in [0.4, 0.5) is 5.69 Å². The Kier molecular flexibility index (Phi) is 8.77. The van der Waals surface area contributed by atoms with Gasteiger partial charge in [0, 0.05) is 17.1 Å². The summed E-state index contributed by atoms with van der Waals surface area (Å²) >= 11 is 6.21. The summed E-state index contributed by atoms with van der Waals surface area (Å²) in [6, 6.07) is 11.6. The number of hydrogen-bond donors (Lipinski definition) is 1. The number of halogens is 1. The van der Waals surface area contributed by atoms with Crippen molar-refractivity contribution in [2.75, 3.05) is 17.1 Å². The van der Waals surface area contributed by atoms with E-state index in [1.54, 1.807) is 26.0 Å². The van der Waals surface area contributed by atoms with Crippen LogP contribution in [0.3, 0.4) is 0 Å². The van der Waals surface area contributed by atoms with Crippen LogP contribution in [0.5, 0.6) is 0 Å². The van der Waals surface area contributed by atoms with Crippen molar-refractivity contribution >= 4 is 39.1 Å². The van der Waals surface area contributed by atoms with E-state index in [4.69, 9.17) is 11.6 Å². The van der Waals surface area contributed by atoms with E-state index in [2.05, 4.69) is 5.32 Å². The van der Waals surface area contributed by atoms with Gasteiger partial charge in [-0.3, -0.25) is 13.9 Å². The minimum Gasteiger partial charge on any atom is -0.350 e. The average molecular weight is 508 g/mol. The topological polar surface area (TPSA) is 86.8 Å². The summed E-state index contributed by atoms with van der Waals surface area (Å²) in [6.07, 6.45) is 1.04. The van der Waals surface area contributed by atoms with Crippen LogP contribution in [-0.2, 0) is 26.2 Å². The van der Waals surface area contributed by atoms with Crippen LogP contribution in [0.1, 0.15) is 44.4 Å². The summed E-state index contributed by atoms with van der Waals surface area (Å²) < 4.78 is 26.2. The van der Waals surface area contributed by atoms with Crippen molar-refractivity contribution in [3.63, 3.8) is 0 Å². The summed E-state index contributed by atoms with van der Waals surface area (Å²) in [5, 5.41) is 3.29. The van der Waals surface area contributed by atoms with Crippen molar-refractivity contribution < 1.29 is 18.0 Å². The Hall–Kier alpha value is -2.58. The van der Waals surface area contributed by atoms with Crippen molar-refractivity contribution in [3.05, 3.63) is 64.2 Å². The minimum absolute atomic E-state index is 0.158. The van der Waals surface area contributed by atoms with Crippen LogP contribution in [0.15, 0.2) is 42.5 Å². The van der Waals surface area contributed by atoms with Crippen molar-refractivity contribution in [3.8, 4) is 0 Å². The van der Waals surface area contributed by atoms with Crippen LogP contribution < -0.4 is 9.62 Å². The highest BCUT2D eigenvalue weighted by Crippen LogP contribution is 2.25. The van der Waals surface area contributed by atoms with Gasteiger partial charge in [0.2, 0.25) is 21.8 Å². The van der Waals surface area contributed by atoms with Gasteiger partial charge < -0.3 is 10.2 Å². The Labute approximate surface area is 208 Å². The quantitative estimate of drug-likeness (QED) is 0.583. The molecule has 186 valence electrons. The number of benzene rings is 2. The second kappa shape index (κ2) is 10.8. The van der Waals surface area contributed by atoms with E-state index >= 15 is 0 Å². The molecule has 2 aromatic rings. The lowest BCUT2D eigenvalue weighted by molar-refractivity contribution is -0.140. The van der Waals surface area contributed by atoms with Gasteiger partial charge in [-0.25, -0.2) is 8.42 Å². The van der Waals surface area contributed by atoms with Gasteiger partial charge in [-0.05, 0) is 64.8 Å². The Morgan fingerprint density at radius 3 is 2.26 bits per heavy atom. The molecule has 0 aromatic heterocycles. The Morgan fingerprint density at radius 1 is 1.09 bits per heavy atom. The molecule has 2 aromatic carbocycles. The zero-order chi connectivity index (χ0) is 25.8. The number of anilines is 1. The van der Waals surface area contributed by atoms with Crippen molar-refractivity contribution in [2.45, 2.75) is 59.7 Å². The number of aryl methyl sites for hydroxylation is 2. The van der Waals surface area contributed by atoms with E-state index in [0.717, 1.165) is 27.3 Å². The fourth-order valence-electron chi connectivity index (χ4n) is 3.41. The van der Waals surface area contributed by atoms with Crippen LogP contribution in [-0.4, -0.2) is 49.5 Å². The van der Waals surface area contributed by atoms with E-state index in [1.165, 1.54) is 11.0 Å². The molecule has 0 bridgehead atoms. The van der Waals surface area contributed by atoms with Gasteiger partial charge in [-0.15, -0.1) is 0 Å². The number of rotatable bonds is 8. The molecule has 0 saturated heterocycles. The standard InChI is InChI=1S/C25H34ClN3O4S/c1-17-9-8-10-20(13-17)15-28(19(3)24(31)27-25(4,5)6)23(30)16-29(34(7,32)33)21-12-11-18(2)22(26)14-21/h8-14,19H,15-16H2,1-7H3,(H,27,31)/t19-/m1/s1. The number of amides is 2. The number of nitrogens with one attached hydrogen (secondary N) is 1. The third kappa shape index (κ3) is 7.74. The van der Waals surface area contributed by atoms with E-state index in [9.17, 15) is 18.0 Å². The first-order valence-corrected chi connectivity index (χ1v) is 13.2. The molecule has 0 aliphatic rings. The van der Waals surface area contributed by atoms with Crippen LogP contribution >= 0.6 is 11.6 Å². The molecule has 0 unspecified atom stereocenters. The van der Waals surface area contributed by atoms with Gasteiger partial charge in [-0.1, -0.05) is 47.5 Å². The molecule has 0 aliphatic carbocycles. The zero-order valence-corrected chi connectivity index (χ0v) is 22.4. The summed E-state index contributed by atoms with van der Waals surface area (Å²) in [4.78, 5) is 27.9. The molecule has 1 atom stereocenters. The smallest absolute Gasteiger partial charge is 0.244 e. The molecule has 0 saturated carbocycles. The maximum Gasteiger partial charge on any atom is 0.244 e. The molecule has 0 fully saturated rings. The van der Waals surface area contributed by atoms with Crippen LogP contribution in [0.2, 0.25) is 5.02 Å². The van der Waals surface area contributed by atoms with Crippen molar-refractivity contribution in [1.29, 1.82) is 0 Å². The van der Waals surface area contributed by atoms with Gasteiger partial charge in [0.25, 0.3) is 0 Å². The van der Waals surface area contributed by atoms with Gasteiger partial charge >= 0.3 is 0 Å². The first-order valence-electron chi connectivity index (χ1n) is 11.0. The van der Waals surface area contributed by atoms with E-state index in [1.807, 2.05) is 52.0 Å². The molecule has 2 rings (SSSR count). The third-order valence-corrected chi connectivity index (χ3v) is 6.77. The minimum atomic E-state index is -3.80. The maximum absolute atomic E-state index is 13.5. The highest BCUT2D eigenvalue weighted by atomic mass is 35.5. The molecule has 34 heavy (non-hydrogen) atoms. The van der Waals surface area contributed by atoms with Gasteiger partial charge in [0.05, 0.1) is 11.9 Å². The normalized spacial score (nSPS) is 12.7. The number of sulfonamides is 1. The Balaban J connectivity index is 2.43. The summed E-state index contributed by atoms with van der Waals surface area (Å²) in [5.74, 6) is -0.821. The Bertz CT molecular complexity index is 1160. The largest absolute Gasteiger partial charge is 0.350 e. The zero-order valence-electron chi connectivity index (χ0n) is 20.8. The molecule has 0 aliphatic heterocycles. The second-order valence-electron chi connectivity index (χ2n) is 9.63. The molecule has 0 spiro atoms. The number of nitrogens with zero attached hydrogens (tertiary/aromatic N) is 2. The molecule has 0 heterocycles. The van der Waals surface area contributed by atoms with Crippen LogP contribution in [0, 0.1) is 13.8 Å². The fourth-order valence-corrected chi connectivity index (χ4v) is 4.43. The second-order valence-corrected chi connectivity index (χ2v) is 11.9. The lowest BCUT2D eigenvalue weighted by atomic mass is 10.1. The average Bonchev–Trinajstić information content (AvgIpc) is 2.69. The molecule has 1 N–H and O–H groups in total. The number of hydrogen-bond acceptors (Lipinski definition) is 4. The molecular weight excluding hydrogens is 474 g/mol. The van der Waals surface area contributed by atoms with Crippen molar-refractivity contribution in [2.24, 2.45) is 0 Å². The molecule has 2 amide bonds. The van der Waals surface area contributed by atoms with E-state index in [-0.39, 0.29) is 18.1 Å². The lowest BCUT2D eigenvalue weighted by Crippen LogP contribution is -2.54. The summed E-state index contributed by atoms with van der Waals surface area (Å²) in [7, 11) is -3.80. The van der Waals surface area contributed by atoms with Crippen LogP contribution in [0.25, 0.3) is 0 Å². The Morgan fingerprint density at radius 2 is 1.74 bits per heavy atom. The highest BCUT2D eigenvalue weighted by Gasteiger charge is 2.31. The fraction of sp³-hybridized carbons (Fsp3) is 0.440. The first kappa shape index (κ1) is 27.7.